The van der Waals surface area contributed by atoms with Crippen LogP contribution < -0.4 is 0 Å². The Morgan fingerprint density at radius 1 is 0.281 bits per heavy atom. The van der Waals surface area contributed by atoms with Gasteiger partial charge in [-0.1, -0.05) is 140 Å². The van der Waals surface area contributed by atoms with Crippen molar-refractivity contribution in [2.24, 2.45) is 0 Å². The molecule has 0 unspecified atom stereocenters. The van der Waals surface area contributed by atoms with Crippen LogP contribution in [0.25, 0.3) is 110 Å². The molecule has 3 heteroatoms. The zero-order valence-corrected chi connectivity index (χ0v) is 30.9. The maximum Gasteiger partial charge on any atom is 0.145 e. The van der Waals surface area contributed by atoms with Crippen LogP contribution >= 0.6 is 0 Å². The van der Waals surface area contributed by atoms with Gasteiger partial charge in [0.25, 0.3) is 0 Å². The topological polar surface area (TPSA) is 23.0 Å². The van der Waals surface area contributed by atoms with Crippen LogP contribution in [-0.2, 0) is 0 Å². The molecule has 0 saturated carbocycles. The average Bonchev–Trinajstić information content (AvgIpc) is 3.94. The molecule has 3 heterocycles. The Morgan fingerprint density at radius 2 is 0.737 bits per heavy atom. The molecule has 0 bridgehead atoms. The minimum absolute atomic E-state index is 0.918. The van der Waals surface area contributed by atoms with Crippen LogP contribution in [0.2, 0.25) is 0 Å². The molecule has 12 rings (SSSR count). The van der Waals surface area contributed by atoms with Crippen molar-refractivity contribution < 1.29 is 4.42 Å². The zero-order chi connectivity index (χ0) is 37.5. The van der Waals surface area contributed by atoms with E-state index in [9.17, 15) is 0 Å². The van der Waals surface area contributed by atoms with Crippen LogP contribution in [0.3, 0.4) is 0 Å². The summed E-state index contributed by atoms with van der Waals surface area (Å²) in [5, 5.41) is 7.17. The number of fused-ring (bicyclic) bond motifs is 10. The first-order valence-corrected chi connectivity index (χ1v) is 19.5. The van der Waals surface area contributed by atoms with Crippen molar-refractivity contribution in [2.45, 2.75) is 0 Å². The molecule has 0 aliphatic carbocycles. The predicted molar refractivity (Wildman–Crippen MR) is 239 cm³/mol. The standard InChI is InChI=1S/C54H34N2O/c1-2-10-35(11-3-1)40-26-32-50-47(34-40)43-12-4-7-15-48(43)55(50)41-27-22-38(23-28-41)36-18-20-37(21-19-36)39-24-29-42(30-25-39)56-49-16-8-5-14-46(49)53-51(56)33-31-45-44-13-6-9-17-52(44)57-54(45)53/h1-34H. The summed E-state index contributed by atoms with van der Waals surface area (Å²) in [5.41, 5.74) is 16.1. The van der Waals surface area contributed by atoms with E-state index >= 15 is 0 Å². The first-order valence-electron chi connectivity index (χ1n) is 19.5. The largest absolute Gasteiger partial charge is 0.455 e. The van der Waals surface area contributed by atoms with Crippen LogP contribution in [0.15, 0.2) is 211 Å². The Hall–Kier alpha value is -7.62. The van der Waals surface area contributed by atoms with Gasteiger partial charge < -0.3 is 13.6 Å². The highest BCUT2D eigenvalue weighted by Crippen LogP contribution is 2.41. The van der Waals surface area contributed by atoms with Crippen molar-refractivity contribution in [2.75, 3.05) is 0 Å². The van der Waals surface area contributed by atoms with Gasteiger partial charge in [0.15, 0.2) is 0 Å². The van der Waals surface area contributed by atoms with Gasteiger partial charge in [0.05, 0.1) is 27.5 Å². The summed E-state index contributed by atoms with van der Waals surface area (Å²) in [5.74, 6) is 0. The molecule has 3 aromatic heterocycles. The SMILES string of the molecule is c1ccc(-c2ccc3c(c2)c2ccccc2n3-c2ccc(-c3ccc(-c4ccc(-n5c6ccccc6c6c7oc8ccccc8c7ccc65)cc4)cc3)cc2)cc1. The summed E-state index contributed by atoms with van der Waals surface area (Å²) in [6.45, 7) is 0. The molecule has 0 radical (unpaired) electrons. The molecule has 12 aromatic rings. The lowest BCUT2D eigenvalue weighted by Gasteiger charge is -2.11. The number of aromatic nitrogens is 2. The van der Waals surface area contributed by atoms with Crippen molar-refractivity contribution in [3.05, 3.63) is 206 Å². The summed E-state index contributed by atoms with van der Waals surface area (Å²) in [4.78, 5) is 0. The first-order chi connectivity index (χ1) is 28.3. The molecular weight excluding hydrogens is 693 g/mol. The van der Waals surface area contributed by atoms with Crippen molar-refractivity contribution in [3.8, 4) is 44.8 Å². The van der Waals surface area contributed by atoms with Crippen LogP contribution in [-0.4, -0.2) is 9.13 Å². The van der Waals surface area contributed by atoms with Crippen LogP contribution in [0.5, 0.6) is 0 Å². The Bertz CT molecular complexity index is 3470. The van der Waals surface area contributed by atoms with E-state index in [-0.39, 0.29) is 0 Å². The van der Waals surface area contributed by atoms with Crippen molar-refractivity contribution in [1.82, 2.24) is 9.13 Å². The lowest BCUT2D eigenvalue weighted by molar-refractivity contribution is 0.673. The molecule has 266 valence electrons. The second-order valence-electron chi connectivity index (χ2n) is 14.9. The second kappa shape index (κ2) is 12.5. The number of rotatable bonds is 5. The molecule has 3 nitrogen and oxygen atoms in total. The van der Waals surface area contributed by atoms with Gasteiger partial charge in [-0.25, -0.2) is 0 Å². The van der Waals surface area contributed by atoms with E-state index in [0.29, 0.717) is 0 Å². The molecule has 0 spiro atoms. The third kappa shape index (κ3) is 4.92. The molecule has 0 saturated heterocycles. The summed E-state index contributed by atoms with van der Waals surface area (Å²) < 4.78 is 11.2. The fourth-order valence-corrected chi connectivity index (χ4v) is 9.04. The zero-order valence-electron chi connectivity index (χ0n) is 30.9. The number of hydrogen-bond acceptors (Lipinski definition) is 1. The van der Waals surface area contributed by atoms with Crippen molar-refractivity contribution >= 4 is 65.6 Å². The highest BCUT2D eigenvalue weighted by molar-refractivity contribution is 6.23. The van der Waals surface area contributed by atoms with E-state index < -0.39 is 0 Å². The van der Waals surface area contributed by atoms with E-state index in [2.05, 4.69) is 209 Å². The summed E-state index contributed by atoms with van der Waals surface area (Å²) >= 11 is 0. The first kappa shape index (κ1) is 31.7. The molecular formula is C54H34N2O. The van der Waals surface area contributed by atoms with Gasteiger partial charge in [-0.2, -0.15) is 0 Å². The van der Waals surface area contributed by atoms with Gasteiger partial charge >= 0.3 is 0 Å². The normalized spacial score (nSPS) is 11.9. The highest BCUT2D eigenvalue weighted by atomic mass is 16.3. The molecule has 0 atom stereocenters. The molecule has 57 heavy (non-hydrogen) atoms. The molecule has 0 amide bonds. The predicted octanol–water partition coefficient (Wildman–Crippen LogP) is 14.8. The quantitative estimate of drug-likeness (QED) is 0.173. The maximum absolute atomic E-state index is 6.50. The minimum atomic E-state index is 0.918. The number of hydrogen-bond donors (Lipinski definition) is 0. The van der Waals surface area contributed by atoms with Gasteiger partial charge in [-0.05, 0) is 100 Å². The molecule has 0 fully saturated rings. The van der Waals surface area contributed by atoms with Gasteiger partial charge in [-0.3, -0.25) is 0 Å². The fraction of sp³-hybridized carbons (Fsp3) is 0. The van der Waals surface area contributed by atoms with E-state index in [1.807, 2.05) is 6.07 Å². The lowest BCUT2D eigenvalue weighted by Crippen LogP contribution is -1.94. The number of nitrogens with zero attached hydrogens (tertiary/aromatic N) is 2. The number of furan rings is 1. The molecule has 0 N–H and O–H groups in total. The van der Waals surface area contributed by atoms with Crippen LogP contribution in [0.1, 0.15) is 0 Å². The van der Waals surface area contributed by atoms with Crippen molar-refractivity contribution in [1.29, 1.82) is 0 Å². The second-order valence-corrected chi connectivity index (χ2v) is 14.9. The van der Waals surface area contributed by atoms with E-state index in [1.54, 1.807) is 0 Å². The number of benzene rings is 9. The fourth-order valence-electron chi connectivity index (χ4n) is 9.04. The monoisotopic (exact) mass is 726 g/mol. The van der Waals surface area contributed by atoms with Gasteiger partial charge in [0.2, 0.25) is 0 Å². The van der Waals surface area contributed by atoms with E-state index in [1.165, 1.54) is 66.1 Å². The van der Waals surface area contributed by atoms with Gasteiger partial charge in [0.1, 0.15) is 11.2 Å². The van der Waals surface area contributed by atoms with Gasteiger partial charge in [0, 0.05) is 38.3 Å². The number of para-hydroxylation sites is 3. The Morgan fingerprint density at radius 3 is 1.40 bits per heavy atom. The third-order valence-electron chi connectivity index (χ3n) is 11.8. The van der Waals surface area contributed by atoms with Gasteiger partial charge in [-0.15, -0.1) is 0 Å². The smallest absolute Gasteiger partial charge is 0.145 e. The van der Waals surface area contributed by atoms with E-state index in [4.69, 9.17) is 4.42 Å². The molecule has 9 aromatic carbocycles. The molecule has 0 aliphatic heterocycles. The Labute approximate surface area is 328 Å². The Kier molecular flexibility index (Phi) is 6.93. The highest BCUT2D eigenvalue weighted by Gasteiger charge is 2.19. The maximum atomic E-state index is 6.50. The molecule has 0 aliphatic rings. The summed E-state index contributed by atoms with van der Waals surface area (Å²) in [6.07, 6.45) is 0. The summed E-state index contributed by atoms with van der Waals surface area (Å²) in [6, 6.07) is 74.3. The lowest BCUT2D eigenvalue weighted by atomic mass is 10.00. The van der Waals surface area contributed by atoms with Crippen LogP contribution in [0, 0.1) is 0 Å². The van der Waals surface area contributed by atoms with E-state index in [0.717, 1.165) is 44.2 Å². The van der Waals surface area contributed by atoms with Crippen molar-refractivity contribution in [3.63, 3.8) is 0 Å². The Balaban J connectivity index is 0.856. The third-order valence-corrected chi connectivity index (χ3v) is 11.8. The van der Waals surface area contributed by atoms with Crippen LogP contribution in [0.4, 0.5) is 0 Å². The minimum Gasteiger partial charge on any atom is -0.455 e. The summed E-state index contributed by atoms with van der Waals surface area (Å²) in [7, 11) is 0. The average molecular weight is 727 g/mol.